The Balaban J connectivity index is 1.14. The lowest BCUT2D eigenvalue weighted by Crippen LogP contribution is -2.54. The van der Waals surface area contributed by atoms with Crippen LogP contribution in [0.25, 0.3) is 10.8 Å². The Bertz CT molecular complexity index is 1450. The summed E-state index contributed by atoms with van der Waals surface area (Å²) in [5.74, 6) is 0.0864. The van der Waals surface area contributed by atoms with Crippen LogP contribution >= 0.6 is 11.6 Å². The van der Waals surface area contributed by atoms with Gasteiger partial charge < -0.3 is 20.4 Å². The van der Waals surface area contributed by atoms with Gasteiger partial charge in [-0.1, -0.05) is 30.7 Å². The summed E-state index contributed by atoms with van der Waals surface area (Å²) in [5.41, 5.74) is 0. The highest BCUT2D eigenvalue weighted by molar-refractivity contribution is 7.89. The first-order chi connectivity index (χ1) is 20.6. The molecule has 2 aromatic carbocycles. The number of carbonyl (C=O) groups is 3. The van der Waals surface area contributed by atoms with Gasteiger partial charge in [-0.3, -0.25) is 14.4 Å². The molecule has 0 spiro atoms. The SMILES string of the molecule is CC1CCC(CNC(=O)CN2CCC[C@H](NS(=O)(=O)c3ccc4cc(Cl)ccc4c3)C2=O)CN(C(=O)[C@H]2CCCNC2)C1. The van der Waals surface area contributed by atoms with Crippen molar-refractivity contribution in [1.82, 2.24) is 25.2 Å². The van der Waals surface area contributed by atoms with Crippen LogP contribution in [0, 0.1) is 17.8 Å². The van der Waals surface area contributed by atoms with Crippen molar-refractivity contribution in [3.05, 3.63) is 41.4 Å². The highest BCUT2D eigenvalue weighted by Crippen LogP contribution is 2.25. The monoisotopic (exact) mass is 631 g/mol. The van der Waals surface area contributed by atoms with Crippen molar-refractivity contribution in [2.45, 2.75) is 56.4 Å². The number of benzene rings is 2. The quantitative estimate of drug-likeness (QED) is 0.411. The maximum absolute atomic E-state index is 13.2. The third-order valence-corrected chi connectivity index (χ3v) is 10.6. The molecule has 3 aliphatic rings. The van der Waals surface area contributed by atoms with E-state index in [1.807, 2.05) is 4.90 Å². The molecular weight excluding hydrogens is 590 g/mol. The molecule has 3 fully saturated rings. The second-order valence-electron chi connectivity index (χ2n) is 12.4. The summed E-state index contributed by atoms with van der Waals surface area (Å²) < 4.78 is 28.9. The van der Waals surface area contributed by atoms with E-state index in [-0.39, 0.29) is 35.1 Å². The Hall–Kier alpha value is -2.73. The zero-order valence-corrected chi connectivity index (χ0v) is 26.3. The number of piperidine rings is 2. The summed E-state index contributed by atoms with van der Waals surface area (Å²) in [4.78, 5) is 42.9. The van der Waals surface area contributed by atoms with Crippen LogP contribution in [0.15, 0.2) is 41.3 Å². The smallest absolute Gasteiger partial charge is 0.241 e. The van der Waals surface area contributed by atoms with Gasteiger partial charge >= 0.3 is 0 Å². The number of nitrogens with zero attached hydrogens (tertiary/aromatic N) is 2. The molecule has 234 valence electrons. The Morgan fingerprint density at radius 1 is 1.02 bits per heavy atom. The van der Waals surface area contributed by atoms with Gasteiger partial charge in [0, 0.05) is 37.7 Å². The van der Waals surface area contributed by atoms with Crippen molar-refractivity contribution < 1.29 is 22.8 Å². The van der Waals surface area contributed by atoms with E-state index in [2.05, 4.69) is 22.3 Å². The molecule has 10 nitrogen and oxygen atoms in total. The average molecular weight is 632 g/mol. The normalized spacial score (nSPS) is 25.4. The molecule has 43 heavy (non-hydrogen) atoms. The number of nitrogens with one attached hydrogen (secondary N) is 3. The Morgan fingerprint density at radius 3 is 2.60 bits per heavy atom. The first-order valence-corrected chi connectivity index (χ1v) is 17.2. The Labute approximate surface area is 258 Å². The minimum atomic E-state index is -3.97. The van der Waals surface area contributed by atoms with Crippen molar-refractivity contribution in [1.29, 1.82) is 0 Å². The third-order valence-electron chi connectivity index (χ3n) is 8.87. The molecule has 3 aliphatic heterocycles. The largest absolute Gasteiger partial charge is 0.354 e. The summed E-state index contributed by atoms with van der Waals surface area (Å²) >= 11 is 6.04. The zero-order valence-electron chi connectivity index (χ0n) is 24.7. The van der Waals surface area contributed by atoms with E-state index < -0.39 is 22.0 Å². The fourth-order valence-electron chi connectivity index (χ4n) is 6.44. The van der Waals surface area contributed by atoms with Crippen LogP contribution in [-0.4, -0.2) is 87.8 Å². The zero-order chi connectivity index (χ0) is 30.6. The van der Waals surface area contributed by atoms with Gasteiger partial charge in [0.25, 0.3) is 0 Å². The number of likely N-dealkylation sites (tertiary alicyclic amines) is 2. The van der Waals surface area contributed by atoms with Gasteiger partial charge in [-0.05, 0) is 91.9 Å². The van der Waals surface area contributed by atoms with Crippen LogP contribution in [0.5, 0.6) is 0 Å². The second-order valence-corrected chi connectivity index (χ2v) is 14.5. The Morgan fingerprint density at radius 2 is 1.81 bits per heavy atom. The molecule has 0 saturated carbocycles. The van der Waals surface area contributed by atoms with E-state index >= 15 is 0 Å². The van der Waals surface area contributed by atoms with E-state index in [0.717, 1.165) is 56.1 Å². The molecule has 2 unspecified atom stereocenters. The number of hydrogen-bond acceptors (Lipinski definition) is 6. The molecule has 3 saturated heterocycles. The van der Waals surface area contributed by atoms with Gasteiger partial charge in [0.2, 0.25) is 27.7 Å². The fraction of sp³-hybridized carbons (Fsp3) is 0.581. The molecule has 3 amide bonds. The maximum atomic E-state index is 13.2. The number of carbonyl (C=O) groups excluding carboxylic acids is 3. The maximum Gasteiger partial charge on any atom is 0.241 e. The topological polar surface area (TPSA) is 128 Å². The highest BCUT2D eigenvalue weighted by Gasteiger charge is 2.34. The number of halogens is 1. The van der Waals surface area contributed by atoms with Crippen LogP contribution in [0.4, 0.5) is 0 Å². The molecule has 0 aromatic heterocycles. The van der Waals surface area contributed by atoms with Crippen LogP contribution in [0.3, 0.4) is 0 Å². The molecule has 3 N–H and O–H groups in total. The number of rotatable bonds is 8. The van der Waals surface area contributed by atoms with Crippen LogP contribution in [-0.2, 0) is 24.4 Å². The van der Waals surface area contributed by atoms with Crippen LogP contribution in [0.1, 0.15) is 45.4 Å². The number of sulfonamides is 1. The fourth-order valence-corrected chi connectivity index (χ4v) is 7.88. The number of fused-ring (bicyclic) bond motifs is 1. The summed E-state index contributed by atoms with van der Waals surface area (Å²) in [6.07, 6.45) is 4.77. The van der Waals surface area contributed by atoms with Gasteiger partial charge in [-0.25, -0.2) is 8.42 Å². The van der Waals surface area contributed by atoms with Crippen molar-refractivity contribution in [3.8, 4) is 0 Å². The summed E-state index contributed by atoms with van der Waals surface area (Å²) in [6, 6.07) is 9.01. The van der Waals surface area contributed by atoms with Crippen LogP contribution in [0.2, 0.25) is 5.02 Å². The molecule has 0 radical (unpaired) electrons. The van der Waals surface area contributed by atoms with E-state index in [1.54, 1.807) is 30.3 Å². The van der Waals surface area contributed by atoms with Gasteiger partial charge in [0.05, 0.1) is 17.4 Å². The van der Waals surface area contributed by atoms with E-state index in [0.29, 0.717) is 43.4 Å². The predicted octanol–water partition coefficient (Wildman–Crippen LogP) is 2.75. The van der Waals surface area contributed by atoms with Crippen molar-refractivity contribution >= 4 is 50.1 Å². The molecule has 5 rings (SSSR count). The third kappa shape index (κ3) is 8.06. The molecule has 0 bridgehead atoms. The molecular formula is C31H42ClN5O5S. The van der Waals surface area contributed by atoms with Gasteiger partial charge in [0.1, 0.15) is 6.04 Å². The highest BCUT2D eigenvalue weighted by atomic mass is 35.5. The lowest BCUT2D eigenvalue weighted by molar-refractivity contribution is -0.139. The van der Waals surface area contributed by atoms with E-state index in [4.69, 9.17) is 11.6 Å². The minimum Gasteiger partial charge on any atom is -0.354 e. The van der Waals surface area contributed by atoms with Gasteiger partial charge in [-0.15, -0.1) is 0 Å². The molecule has 4 atom stereocenters. The molecule has 3 heterocycles. The van der Waals surface area contributed by atoms with Crippen molar-refractivity contribution in [2.24, 2.45) is 17.8 Å². The predicted molar refractivity (Wildman–Crippen MR) is 166 cm³/mol. The first kappa shape index (κ1) is 31.7. The minimum absolute atomic E-state index is 0.0186. The molecule has 2 aromatic rings. The van der Waals surface area contributed by atoms with Gasteiger partial charge in [-0.2, -0.15) is 4.72 Å². The lowest BCUT2D eigenvalue weighted by Gasteiger charge is -2.32. The summed E-state index contributed by atoms with van der Waals surface area (Å²) in [6.45, 7) is 5.91. The first-order valence-electron chi connectivity index (χ1n) is 15.4. The standard InChI is InChI=1S/C31H42ClN5O5S/c1-21-6-7-22(19-37(18-21)30(39)25-4-2-12-33-17-25)16-34-29(38)20-36-13-3-5-28(31(36)40)35-43(41,42)27-11-9-23-14-26(32)10-8-24(23)15-27/h8-11,14-15,21-22,25,28,33,35H,2-7,12-13,16-20H2,1H3,(H,34,38)/t21?,22?,25-,28-/m0/s1. The van der Waals surface area contributed by atoms with Crippen LogP contribution < -0.4 is 15.4 Å². The number of hydrogen-bond donors (Lipinski definition) is 3. The van der Waals surface area contributed by atoms with E-state index in [9.17, 15) is 22.8 Å². The lowest BCUT2D eigenvalue weighted by atomic mass is 9.97. The Kier molecular flexibility index (Phi) is 10.3. The average Bonchev–Trinajstić information content (AvgIpc) is 3.18. The summed E-state index contributed by atoms with van der Waals surface area (Å²) in [7, 11) is -3.97. The van der Waals surface area contributed by atoms with Crippen molar-refractivity contribution in [3.63, 3.8) is 0 Å². The van der Waals surface area contributed by atoms with Gasteiger partial charge in [0.15, 0.2) is 0 Å². The number of amides is 3. The second kappa shape index (κ2) is 13.9. The molecule has 0 aliphatic carbocycles. The van der Waals surface area contributed by atoms with E-state index in [1.165, 1.54) is 11.0 Å². The summed E-state index contributed by atoms with van der Waals surface area (Å²) in [5, 5.41) is 8.41. The molecule has 12 heteroatoms. The van der Waals surface area contributed by atoms with Crippen molar-refractivity contribution in [2.75, 3.05) is 45.8 Å².